The van der Waals surface area contributed by atoms with E-state index < -0.39 is 0 Å². The van der Waals surface area contributed by atoms with Crippen molar-refractivity contribution in [2.75, 3.05) is 9.80 Å². The van der Waals surface area contributed by atoms with E-state index in [0.717, 1.165) is 11.4 Å². The number of nitrogens with zero attached hydrogens (tertiary/aromatic N) is 2. The average molecular weight is 725 g/mol. The molecule has 0 atom stereocenters. The predicted octanol–water partition coefficient (Wildman–Crippen LogP) is 12.4. The standard InChI is InChI=1S/C54H37BN2/c1-5-16-38(17-6-1)42-24-13-26-46(34-42)56-50-28-15-29-51-54(50)55(48-32-30-44(36-52(48)56)40-20-9-3-10-21-40)49-33-31-45(41-22-11-4-12-23-41)37-53(49)57(51)47-27-14-25-43(35-47)39-18-7-2-8-19-39/h1-37H. The molecule has 11 rings (SSSR count). The third-order valence-corrected chi connectivity index (χ3v) is 11.6. The van der Waals surface area contributed by atoms with Gasteiger partial charge in [0.1, 0.15) is 0 Å². The van der Waals surface area contributed by atoms with Gasteiger partial charge >= 0.3 is 0 Å². The minimum atomic E-state index is 0.0259. The number of hydrogen-bond donors (Lipinski definition) is 0. The minimum Gasteiger partial charge on any atom is -0.311 e. The summed E-state index contributed by atoms with van der Waals surface area (Å²) < 4.78 is 0. The van der Waals surface area contributed by atoms with Gasteiger partial charge in [-0.3, -0.25) is 0 Å². The van der Waals surface area contributed by atoms with Crippen molar-refractivity contribution in [3.63, 3.8) is 0 Å². The van der Waals surface area contributed by atoms with Crippen LogP contribution in [0.3, 0.4) is 0 Å². The molecule has 0 saturated heterocycles. The first-order chi connectivity index (χ1) is 28.3. The molecule has 2 aliphatic rings. The van der Waals surface area contributed by atoms with Gasteiger partial charge in [0.25, 0.3) is 6.71 Å². The number of rotatable bonds is 6. The van der Waals surface area contributed by atoms with E-state index in [1.807, 2.05) is 0 Å². The summed E-state index contributed by atoms with van der Waals surface area (Å²) in [4.78, 5) is 5.01. The van der Waals surface area contributed by atoms with E-state index in [1.54, 1.807) is 0 Å². The zero-order chi connectivity index (χ0) is 37.7. The van der Waals surface area contributed by atoms with Gasteiger partial charge in [0.2, 0.25) is 0 Å². The highest BCUT2D eigenvalue weighted by Gasteiger charge is 2.43. The summed E-state index contributed by atoms with van der Waals surface area (Å²) >= 11 is 0. The van der Waals surface area contributed by atoms with Crippen molar-refractivity contribution in [2.45, 2.75) is 0 Å². The van der Waals surface area contributed by atoms with E-state index in [9.17, 15) is 0 Å². The van der Waals surface area contributed by atoms with Crippen molar-refractivity contribution in [3.05, 3.63) is 224 Å². The van der Waals surface area contributed by atoms with Crippen LogP contribution in [0.4, 0.5) is 34.1 Å². The van der Waals surface area contributed by atoms with E-state index in [2.05, 4.69) is 234 Å². The fraction of sp³-hybridized carbons (Fsp3) is 0. The second kappa shape index (κ2) is 13.7. The van der Waals surface area contributed by atoms with Crippen LogP contribution in [0.2, 0.25) is 0 Å². The molecule has 0 amide bonds. The zero-order valence-electron chi connectivity index (χ0n) is 31.3. The van der Waals surface area contributed by atoms with Crippen LogP contribution in [-0.2, 0) is 0 Å². The molecule has 0 radical (unpaired) electrons. The summed E-state index contributed by atoms with van der Waals surface area (Å²) in [6, 6.07) is 82.0. The first-order valence-corrected chi connectivity index (χ1v) is 19.7. The summed E-state index contributed by atoms with van der Waals surface area (Å²) in [7, 11) is 0. The van der Waals surface area contributed by atoms with Crippen LogP contribution in [-0.4, -0.2) is 6.71 Å². The Morgan fingerprint density at radius 2 is 0.579 bits per heavy atom. The molecule has 0 fully saturated rings. The molecule has 0 bridgehead atoms. The highest BCUT2D eigenvalue weighted by atomic mass is 15.2. The maximum absolute atomic E-state index is 2.51. The Hall–Kier alpha value is -7.36. The van der Waals surface area contributed by atoms with E-state index >= 15 is 0 Å². The fourth-order valence-corrected chi connectivity index (χ4v) is 9.01. The molecule has 0 unspecified atom stereocenters. The Morgan fingerprint density at radius 1 is 0.246 bits per heavy atom. The van der Waals surface area contributed by atoms with Crippen LogP contribution in [0.25, 0.3) is 44.5 Å². The predicted molar refractivity (Wildman–Crippen MR) is 242 cm³/mol. The Balaban J connectivity index is 1.18. The molecule has 0 saturated carbocycles. The molecule has 9 aromatic carbocycles. The fourth-order valence-electron chi connectivity index (χ4n) is 9.01. The van der Waals surface area contributed by atoms with Gasteiger partial charge in [-0.2, -0.15) is 0 Å². The van der Waals surface area contributed by atoms with Crippen LogP contribution in [0, 0.1) is 0 Å². The van der Waals surface area contributed by atoms with E-state index in [-0.39, 0.29) is 6.71 Å². The molecule has 2 heterocycles. The first kappa shape index (κ1) is 33.0. The van der Waals surface area contributed by atoms with Gasteiger partial charge in [-0.15, -0.1) is 0 Å². The molecule has 0 aromatic heterocycles. The third kappa shape index (κ3) is 5.67. The van der Waals surface area contributed by atoms with Crippen LogP contribution < -0.4 is 26.2 Å². The van der Waals surface area contributed by atoms with Crippen LogP contribution >= 0.6 is 0 Å². The Morgan fingerprint density at radius 3 is 0.965 bits per heavy atom. The largest absolute Gasteiger partial charge is 0.311 e. The Kier molecular flexibility index (Phi) is 7.96. The second-order valence-electron chi connectivity index (χ2n) is 14.9. The van der Waals surface area contributed by atoms with Crippen molar-refractivity contribution in [1.29, 1.82) is 0 Å². The number of hydrogen-bond acceptors (Lipinski definition) is 2. The lowest BCUT2D eigenvalue weighted by molar-refractivity contribution is 1.25. The Bertz CT molecular complexity index is 2710. The maximum atomic E-state index is 2.51. The van der Waals surface area contributed by atoms with Crippen molar-refractivity contribution in [1.82, 2.24) is 0 Å². The second-order valence-corrected chi connectivity index (χ2v) is 14.9. The molecule has 0 spiro atoms. The lowest BCUT2D eigenvalue weighted by Crippen LogP contribution is -2.61. The number of fused-ring (bicyclic) bond motifs is 4. The van der Waals surface area contributed by atoms with Crippen molar-refractivity contribution < 1.29 is 0 Å². The van der Waals surface area contributed by atoms with Crippen molar-refractivity contribution in [2.24, 2.45) is 0 Å². The van der Waals surface area contributed by atoms with Gasteiger partial charge < -0.3 is 9.80 Å². The SMILES string of the molecule is c1ccc(-c2cccc(N3c4cc(-c5ccccc5)ccc4B4c5ccc(-c6ccccc6)cc5N(c5cccc(-c6ccccc6)c5)c5cccc3c54)c2)cc1. The van der Waals surface area contributed by atoms with Gasteiger partial charge in [0.05, 0.1) is 0 Å². The summed E-state index contributed by atoms with van der Waals surface area (Å²) in [6.45, 7) is 0.0259. The van der Waals surface area contributed by atoms with Crippen molar-refractivity contribution >= 4 is 57.2 Å². The van der Waals surface area contributed by atoms with Crippen LogP contribution in [0.5, 0.6) is 0 Å². The molecule has 3 heteroatoms. The van der Waals surface area contributed by atoms with Crippen molar-refractivity contribution in [3.8, 4) is 44.5 Å². The summed E-state index contributed by atoms with van der Waals surface area (Å²) in [5.74, 6) is 0. The normalized spacial score (nSPS) is 12.5. The number of anilines is 6. The summed E-state index contributed by atoms with van der Waals surface area (Å²) in [6.07, 6.45) is 0. The first-order valence-electron chi connectivity index (χ1n) is 19.7. The molecule has 9 aromatic rings. The lowest BCUT2D eigenvalue weighted by atomic mass is 9.33. The van der Waals surface area contributed by atoms with Crippen LogP contribution in [0.1, 0.15) is 0 Å². The average Bonchev–Trinajstić information content (AvgIpc) is 3.30. The van der Waals surface area contributed by atoms with E-state index in [1.165, 1.54) is 83.6 Å². The van der Waals surface area contributed by atoms with Crippen LogP contribution in [0.15, 0.2) is 224 Å². The van der Waals surface area contributed by atoms with Gasteiger partial charge in [-0.05, 0) is 109 Å². The Labute approximate surface area is 334 Å². The highest BCUT2D eigenvalue weighted by Crippen LogP contribution is 2.46. The van der Waals surface area contributed by atoms with E-state index in [0.29, 0.717) is 0 Å². The zero-order valence-corrected chi connectivity index (χ0v) is 31.3. The third-order valence-electron chi connectivity index (χ3n) is 11.6. The summed E-state index contributed by atoms with van der Waals surface area (Å²) in [5, 5.41) is 0. The molecule has 266 valence electrons. The van der Waals surface area contributed by atoms with Gasteiger partial charge in [0, 0.05) is 34.1 Å². The summed E-state index contributed by atoms with van der Waals surface area (Å²) in [5.41, 5.74) is 20.6. The highest BCUT2D eigenvalue weighted by molar-refractivity contribution is 7.00. The van der Waals surface area contributed by atoms with Gasteiger partial charge in [-0.25, -0.2) is 0 Å². The topological polar surface area (TPSA) is 6.48 Å². The van der Waals surface area contributed by atoms with Gasteiger partial charge in [0.15, 0.2) is 0 Å². The smallest absolute Gasteiger partial charge is 0.252 e. The monoisotopic (exact) mass is 724 g/mol. The molecule has 2 aliphatic heterocycles. The maximum Gasteiger partial charge on any atom is 0.252 e. The molecule has 0 aliphatic carbocycles. The van der Waals surface area contributed by atoms with E-state index in [4.69, 9.17) is 0 Å². The molecule has 0 N–H and O–H groups in total. The lowest BCUT2D eigenvalue weighted by Gasteiger charge is -2.44. The molecule has 2 nitrogen and oxygen atoms in total. The quantitative estimate of drug-likeness (QED) is 0.158. The molecule has 57 heavy (non-hydrogen) atoms. The van der Waals surface area contributed by atoms with Gasteiger partial charge in [-0.1, -0.05) is 176 Å². The minimum absolute atomic E-state index is 0.0259. The molecular formula is C54H37BN2. The molecular weight excluding hydrogens is 687 g/mol. The number of benzene rings is 9.